The third kappa shape index (κ3) is 4.83. The van der Waals surface area contributed by atoms with Crippen LogP contribution in [0.25, 0.3) is 0 Å². The topological polar surface area (TPSA) is 65.4 Å². The molecule has 1 atom stereocenters. The van der Waals surface area contributed by atoms with Crippen molar-refractivity contribution in [3.63, 3.8) is 0 Å². The number of nitrogens with one attached hydrogen (secondary N) is 2. The highest BCUT2D eigenvalue weighted by Crippen LogP contribution is 2.32. The number of amides is 1. The van der Waals surface area contributed by atoms with Crippen LogP contribution in [0.3, 0.4) is 0 Å². The molecule has 0 unspecified atom stereocenters. The smallest absolute Gasteiger partial charge is 0.419 e. The van der Waals surface area contributed by atoms with Crippen LogP contribution in [0.15, 0.2) is 18.2 Å². The minimum absolute atomic E-state index is 0.0134. The van der Waals surface area contributed by atoms with Crippen LogP contribution in [0, 0.1) is 17.1 Å². The molecule has 2 rings (SSSR count). The molecule has 0 saturated carbocycles. The lowest BCUT2D eigenvalue weighted by atomic mass is 9.97. The van der Waals surface area contributed by atoms with Gasteiger partial charge in [0.05, 0.1) is 18.1 Å². The van der Waals surface area contributed by atoms with Gasteiger partial charge in [0, 0.05) is 18.8 Å². The Morgan fingerprint density at radius 3 is 2.76 bits per heavy atom. The average Bonchev–Trinajstić information content (AvgIpc) is 2.54. The van der Waals surface area contributed by atoms with Gasteiger partial charge < -0.3 is 15.0 Å². The molecule has 2 N–H and O–H groups in total. The number of nitrogens with zero attached hydrogens (tertiary/aromatic N) is 1. The number of hydrogen-bond acceptors (Lipinski definition) is 3. The van der Waals surface area contributed by atoms with E-state index in [1.165, 1.54) is 0 Å². The Morgan fingerprint density at radius 1 is 1.44 bits per heavy atom. The van der Waals surface area contributed by atoms with Crippen LogP contribution in [-0.2, 0) is 15.7 Å². The Morgan fingerprint density at radius 2 is 2.16 bits per heavy atom. The number of rotatable bonds is 3. The number of amidine groups is 1. The summed E-state index contributed by atoms with van der Waals surface area (Å²) in [5.74, 6) is -2.32. The van der Waals surface area contributed by atoms with Crippen molar-refractivity contribution >= 4 is 17.6 Å². The van der Waals surface area contributed by atoms with Crippen LogP contribution in [0.5, 0.6) is 0 Å². The van der Waals surface area contributed by atoms with E-state index in [-0.39, 0.29) is 18.3 Å². The number of alkyl halides is 3. The van der Waals surface area contributed by atoms with Gasteiger partial charge in [-0.15, -0.1) is 0 Å². The Labute approximate surface area is 142 Å². The van der Waals surface area contributed by atoms with Gasteiger partial charge in [0.2, 0.25) is 5.91 Å². The van der Waals surface area contributed by atoms with Gasteiger partial charge in [-0.25, -0.2) is 4.39 Å². The molecule has 1 aliphatic rings. The van der Waals surface area contributed by atoms with Gasteiger partial charge in [0.25, 0.3) is 6.02 Å². The molecule has 5 nitrogen and oxygen atoms in total. The van der Waals surface area contributed by atoms with Crippen LogP contribution in [0.2, 0.25) is 0 Å². The zero-order valence-corrected chi connectivity index (χ0v) is 13.6. The fraction of sp³-hybridized carbons (Fsp3) is 0.500. The molecule has 1 aromatic carbocycles. The molecule has 1 heterocycles. The molecule has 25 heavy (non-hydrogen) atoms. The Balaban J connectivity index is 2.02. The maximum Gasteiger partial charge on any atom is 0.419 e. The summed E-state index contributed by atoms with van der Waals surface area (Å²) >= 11 is 0. The predicted molar refractivity (Wildman–Crippen MR) is 83.7 cm³/mol. The third-order valence-electron chi connectivity index (χ3n) is 3.90. The predicted octanol–water partition coefficient (Wildman–Crippen LogP) is 3.47. The first kappa shape index (κ1) is 19.0. The minimum Gasteiger partial charge on any atom is -0.466 e. The van der Waals surface area contributed by atoms with Crippen LogP contribution >= 0.6 is 0 Å². The molecule has 1 saturated heterocycles. The summed E-state index contributed by atoms with van der Waals surface area (Å²) in [4.78, 5) is 13.9. The molecule has 0 radical (unpaired) electrons. The Kier molecular flexibility index (Phi) is 5.86. The number of ether oxygens (including phenoxy) is 1. The summed E-state index contributed by atoms with van der Waals surface area (Å²) in [6.07, 6.45) is -3.53. The minimum atomic E-state index is -4.78. The SMILES string of the molecule is CCOC(=N)N1CCC[C@H](C(=O)Nc2ccc(C(F)(F)F)c(F)c2)C1. The molecular weight excluding hydrogens is 342 g/mol. The monoisotopic (exact) mass is 361 g/mol. The standard InChI is InChI=1S/C16H19F4N3O2/c1-2-25-15(21)23-7-3-4-10(9-23)14(24)22-11-5-6-12(13(17)8-11)16(18,19)20/h5-6,8,10,21H,2-4,7,9H2,1H3,(H,22,24)/t10-/m0/s1. The molecule has 1 amide bonds. The molecule has 9 heteroatoms. The van der Waals surface area contributed by atoms with E-state index >= 15 is 0 Å². The highest BCUT2D eigenvalue weighted by atomic mass is 19.4. The van der Waals surface area contributed by atoms with E-state index in [1.807, 2.05) is 0 Å². The number of carbonyl (C=O) groups excluding carboxylic acids is 1. The first-order valence-electron chi connectivity index (χ1n) is 7.86. The van der Waals surface area contributed by atoms with E-state index < -0.39 is 29.4 Å². The molecule has 0 aliphatic carbocycles. The lowest BCUT2D eigenvalue weighted by Gasteiger charge is -2.32. The number of anilines is 1. The number of halogens is 4. The summed E-state index contributed by atoms with van der Waals surface area (Å²) < 4.78 is 56.3. The molecular formula is C16H19F4N3O2. The number of carbonyl (C=O) groups is 1. The zero-order valence-electron chi connectivity index (χ0n) is 13.6. The molecule has 1 aliphatic heterocycles. The van der Waals surface area contributed by atoms with Crippen molar-refractivity contribution in [2.45, 2.75) is 25.9 Å². The summed E-state index contributed by atoms with van der Waals surface area (Å²) in [5.41, 5.74) is -1.41. The maximum atomic E-state index is 13.6. The lowest BCUT2D eigenvalue weighted by molar-refractivity contribution is -0.140. The molecule has 1 aromatic rings. The number of likely N-dealkylation sites (tertiary alicyclic amines) is 1. The third-order valence-corrected chi connectivity index (χ3v) is 3.90. The van der Waals surface area contributed by atoms with Gasteiger partial charge in [-0.3, -0.25) is 10.2 Å². The van der Waals surface area contributed by atoms with Gasteiger partial charge in [-0.2, -0.15) is 13.2 Å². The van der Waals surface area contributed by atoms with Gasteiger partial charge >= 0.3 is 6.18 Å². The van der Waals surface area contributed by atoms with Crippen LogP contribution < -0.4 is 5.32 Å². The van der Waals surface area contributed by atoms with E-state index in [0.29, 0.717) is 38.1 Å². The molecule has 0 aromatic heterocycles. The summed E-state index contributed by atoms with van der Waals surface area (Å²) in [7, 11) is 0. The van der Waals surface area contributed by atoms with E-state index in [2.05, 4.69) is 5.32 Å². The summed E-state index contributed by atoms with van der Waals surface area (Å²) in [5, 5.41) is 10.2. The van der Waals surface area contributed by atoms with E-state index in [4.69, 9.17) is 10.1 Å². The van der Waals surface area contributed by atoms with Crippen molar-refractivity contribution in [3.8, 4) is 0 Å². The lowest BCUT2D eigenvalue weighted by Crippen LogP contribution is -2.44. The van der Waals surface area contributed by atoms with Gasteiger partial charge in [-0.05, 0) is 38.0 Å². The highest BCUT2D eigenvalue weighted by molar-refractivity contribution is 5.93. The van der Waals surface area contributed by atoms with Crippen LogP contribution in [0.1, 0.15) is 25.3 Å². The number of hydrogen-bond donors (Lipinski definition) is 2. The van der Waals surface area contributed by atoms with Crippen LogP contribution in [0.4, 0.5) is 23.2 Å². The van der Waals surface area contributed by atoms with Crippen molar-refractivity contribution < 1.29 is 27.1 Å². The fourth-order valence-corrected chi connectivity index (χ4v) is 2.67. The Bertz CT molecular complexity index is 649. The summed E-state index contributed by atoms with van der Waals surface area (Å²) in [6, 6.07) is 2.26. The summed E-state index contributed by atoms with van der Waals surface area (Å²) in [6.45, 7) is 2.96. The first-order chi connectivity index (χ1) is 11.7. The molecule has 138 valence electrons. The van der Waals surface area contributed by atoms with Gasteiger partial charge in [-0.1, -0.05) is 0 Å². The Hall–Kier alpha value is -2.32. The van der Waals surface area contributed by atoms with E-state index in [1.54, 1.807) is 11.8 Å². The molecule has 0 bridgehead atoms. The van der Waals surface area contributed by atoms with Gasteiger partial charge in [0.15, 0.2) is 0 Å². The number of benzene rings is 1. The zero-order chi connectivity index (χ0) is 18.6. The largest absolute Gasteiger partial charge is 0.466 e. The second kappa shape index (κ2) is 7.71. The van der Waals surface area contributed by atoms with E-state index in [9.17, 15) is 22.4 Å². The fourth-order valence-electron chi connectivity index (χ4n) is 2.67. The highest BCUT2D eigenvalue weighted by Gasteiger charge is 2.34. The van der Waals surface area contributed by atoms with E-state index in [0.717, 1.165) is 6.07 Å². The molecule has 0 spiro atoms. The molecule has 1 fully saturated rings. The van der Waals surface area contributed by atoms with Crippen molar-refractivity contribution in [1.29, 1.82) is 5.41 Å². The van der Waals surface area contributed by atoms with Crippen molar-refractivity contribution in [3.05, 3.63) is 29.6 Å². The quantitative estimate of drug-likeness (QED) is 0.492. The van der Waals surface area contributed by atoms with Crippen molar-refractivity contribution in [2.75, 3.05) is 25.0 Å². The normalized spacial score (nSPS) is 18.0. The number of piperidine rings is 1. The second-order valence-corrected chi connectivity index (χ2v) is 5.70. The average molecular weight is 361 g/mol. The first-order valence-corrected chi connectivity index (χ1v) is 7.86. The van der Waals surface area contributed by atoms with Crippen molar-refractivity contribution in [1.82, 2.24) is 4.90 Å². The van der Waals surface area contributed by atoms with Crippen molar-refractivity contribution in [2.24, 2.45) is 5.92 Å². The maximum absolute atomic E-state index is 13.6. The second-order valence-electron chi connectivity index (χ2n) is 5.70. The van der Waals surface area contributed by atoms with Gasteiger partial charge in [0.1, 0.15) is 5.82 Å². The van der Waals surface area contributed by atoms with Crippen LogP contribution in [-0.4, -0.2) is 36.5 Å².